The summed E-state index contributed by atoms with van der Waals surface area (Å²) in [5.41, 5.74) is -0.247. The number of hydrogen-bond acceptors (Lipinski definition) is 10. The minimum absolute atomic E-state index is 0.0932. The zero-order valence-corrected chi connectivity index (χ0v) is 29.0. The Kier molecular flexibility index (Phi) is 13.9. The zero-order valence-electron chi connectivity index (χ0n) is 29.0. The van der Waals surface area contributed by atoms with Crippen molar-refractivity contribution < 1.29 is 52.0 Å². The molecule has 1 heterocycles. The van der Waals surface area contributed by atoms with E-state index in [2.05, 4.69) is 6.58 Å². The predicted molar refractivity (Wildman–Crippen MR) is 178 cm³/mol. The van der Waals surface area contributed by atoms with Crippen molar-refractivity contribution >= 4 is 29.4 Å². The van der Waals surface area contributed by atoms with Crippen molar-refractivity contribution in [2.45, 2.75) is 71.9 Å². The number of carbonyl (C=O) groups excluding carboxylic acids is 5. The van der Waals surface area contributed by atoms with E-state index in [0.717, 1.165) is 17.7 Å². The molecule has 2 aromatic carbocycles. The fourth-order valence-electron chi connectivity index (χ4n) is 5.24. The number of carbonyl (C=O) groups is 5. The van der Waals surface area contributed by atoms with E-state index in [0.29, 0.717) is 30.8 Å². The fraction of sp³-hybridized carbons (Fsp3) is 0.486. The molecule has 1 aliphatic heterocycles. The summed E-state index contributed by atoms with van der Waals surface area (Å²) in [5.74, 6) is -3.16. The summed E-state index contributed by atoms with van der Waals surface area (Å²) in [5, 5.41) is 0. The van der Waals surface area contributed by atoms with Crippen LogP contribution in [0.1, 0.15) is 70.6 Å². The smallest absolute Gasteiger partial charge is 0.330 e. The van der Waals surface area contributed by atoms with Gasteiger partial charge in [0.2, 0.25) is 5.78 Å². The van der Waals surface area contributed by atoms with E-state index in [9.17, 15) is 28.4 Å². The Hall–Kier alpha value is -4.74. The second-order valence-electron chi connectivity index (χ2n) is 12.8. The number of rotatable bonds is 17. The Labute approximate surface area is 286 Å². The molecule has 49 heavy (non-hydrogen) atoms. The number of methoxy groups -OCH3 is 2. The normalized spacial score (nSPS) is 15.2. The number of benzene rings is 2. The first kappa shape index (κ1) is 38.7. The van der Waals surface area contributed by atoms with E-state index in [-0.39, 0.29) is 55.6 Å². The van der Waals surface area contributed by atoms with Gasteiger partial charge in [-0.3, -0.25) is 14.4 Å². The standard InChI is InChI=1S/C37H46FNO10/c1-8-33(41)48-22-37(4,5)34(42)35(43)39-16-10-9-11-28(39)36(44)49-30(14-12-24-13-15-31(45-6)32(17-24)46-7)25-18-26(38)20-27(19-25)47-21-29(40)23(2)3/h8,13,15,17-20,23,28,30H,1,9-12,14,16,21-22H2,2-7H3/t28-,30-/m1/s1. The first-order valence-electron chi connectivity index (χ1n) is 16.2. The first-order chi connectivity index (χ1) is 23.2. The number of amides is 1. The molecule has 1 aliphatic rings. The molecule has 0 aromatic heterocycles. The minimum atomic E-state index is -1.36. The lowest BCUT2D eigenvalue weighted by Gasteiger charge is -2.36. The van der Waals surface area contributed by atoms with Crippen molar-refractivity contribution in [3.05, 3.63) is 66.0 Å². The van der Waals surface area contributed by atoms with Crippen molar-refractivity contribution in [3.63, 3.8) is 0 Å². The summed E-state index contributed by atoms with van der Waals surface area (Å²) in [6.45, 7) is 9.28. The summed E-state index contributed by atoms with van der Waals surface area (Å²) < 4.78 is 42.4. The number of Topliss-reactive ketones (excluding diaryl/α,β-unsaturated/α-hetero) is 2. The second-order valence-corrected chi connectivity index (χ2v) is 12.8. The number of ketones is 2. The summed E-state index contributed by atoms with van der Waals surface area (Å²) in [7, 11) is 3.04. The number of aryl methyl sites for hydroxylation is 1. The van der Waals surface area contributed by atoms with Crippen LogP contribution in [0.25, 0.3) is 0 Å². The molecule has 266 valence electrons. The first-order valence-corrected chi connectivity index (χ1v) is 16.2. The Morgan fingerprint density at radius 2 is 1.73 bits per heavy atom. The van der Waals surface area contributed by atoms with E-state index in [1.807, 2.05) is 6.07 Å². The van der Waals surface area contributed by atoms with Crippen LogP contribution in [0, 0.1) is 17.2 Å². The lowest BCUT2D eigenvalue weighted by molar-refractivity contribution is -0.165. The van der Waals surface area contributed by atoms with Gasteiger partial charge in [-0.15, -0.1) is 0 Å². The lowest BCUT2D eigenvalue weighted by atomic mass is 9.87. The summed E-state index contributed by atoms with van der Waals surface area (Å²) in [6, 6.07) is 8.18. The largest absolute Gasteiger partial charge is 0.493 e. The molecule has 1 saturated heterocycles. The highest BCUT2D eigenvalue weighted by molar-refractivity contribution is 6.38. The van der Waals surface area contributed by atoms with Crippen LogP contribution < -0.4 is 14.2 Å². The predicted octanol–water partition coefficient (Wildman–Crippen LogP) is 5.37. The SMILES string of the molecule is C=CC(=O)OCC(C)(C)C(=O)C(=O)N1CCCC[C@@H]1C(=O)O[C@H](CCc1ccc(OC)c(OC)c1)c1cc(F)cc(OCC(=O)C(C)C)c1. The molecule has 1 amide bonds. The molecule has 0 bridgehead atoms. The van der Waals surface area contributed by atoms with Crippen molar-refractivity contribution in [1.82, 2.24) is 4.90 Å². The number of halogens is 1. The van der Waals surface area contributed by atoms with Crippen molar-refractivity contribution in [2.24, 2.45) is 11.3 Å². The van der Waals surface area contributed by atoms with Crippen LogP contribution in [0.3, 0.4) is 0 Å². The molecule has 0 spiro atoms. The summed E-state index contributed by atoms with van der Waals surface area (Å²) in [6.07, 6.45) is 1.97. The van der Waals surface area contributed by atoms with E-state index in [1.54, 1.807) is 26.0 Å². The molecule has 11 nitrogen and oxygen atoms in total. The van der Waals surface area contributed by atoms with Crippen molar-refractivity contribution in [3.8, 4) is 17.2 Å². The van der Waals surface area contributed by atoms with Gasteiger partial charge in [0, 0.05) is 24.6 Å². The van der Waals surface area contributed by atoms with Crippen LogP contribution in [0.5, 0.6) is 17.2 Å². The molecule has 0 radical (unpaired) electrons. The van der Waals surface area contributed by atoms with Gasteiger partial charge in [0.25, 0.3) is 5.91 Å². The van der Waals surface area contributed by atoms with Crippen LogP contribution in [-0.4, -0.2) is 74.3 Å². The van der Waals surface area contributed by atoms with Crippen LogP contribution in [0.4, 0.5) is 4.39 Å². The average Bonchev–Trinajstić information content (AvgIpc) is 3.09. The monoisotopic (exact) mass is 683 g/mol. The van der Waals surface area contributed by atoms with Gasteiger partial charge in [0.15, 0.2) is 17.3 Å². The third kappa shape index (κ3) is 10.6. The van der Waals surface area contributed by atoms with Gasteiger partial charge >= 0.3 is 11.9 Å². The van der Waals surface area contributed by atoms with E-state index >= 15 is 0 Å². The van der Waals surface area contributed by atoms with Crippen LogP contribution in [-0.2, 0) is 39.9 Å². The molecule has 3 rings (SSSR count). The van der Waals surface area contributed by atoms with Gasteiger partial charge in [0.05, 0.1) is 19.6 Å². The average molecular weight is 684 g/mol. The second kappa shape index (κ2) is 17.6. The third-order valence-corrected chi connectivity index (χ3v) is 8.28. The van der Waals surface area contributed by atoms with Crippen LogP contribution in [0.2, 0.25) is 0 Å². The third-order valence-electron chi connectivity index (χ3n) is 8.28. The highest BCUT2D eigenvalue weighted by Crippen LogP contribution is 2.33. The fourth-order valence-corrected chi connectivity index (χ4v) is 5.24. The number of nitrogens with zero attached hydrogens (tertiary/aromatic N) is 1. The Morgan fingerprint density at radius 3 is 2.39 bits per heavy atom. The Bertz CT molecular complexity index is 1540. The van der Waals surface area contributed by atoms with Crippen LogP contribution in [0.15, 0.2) is 49.1 Å². The zero-order chi connectivity index (χ0) is 36.3. The van der Waals surface area contributed by atoms with E-state index in [4.69, 9.17) is 23.7 Å². The number of ether oxygens (including phenoxy) is 5. The van der Waals surface area contributed by atoms with Gasteiger partial charge in [-0.1, -0.05) is 26.5 Å². The van der Waals surface area contributed by atoms with Gasteiger partial charge in [-0.25, -0.2) is 14.0 Å². The quantitative estimate of drug-likeness (QED) is 0.122. The number of piperidine rings is 1. The number of likely N-dealkylation sites (tertiary alicyclic amines) is 1. The van der Waals surface area contributed by atoms with E-state index in [1.165, 1.54) is 45.1 Å². The molecule has 12 heteroatoms. The highest BCUT2D eigenvalue weighted by Gasteiger charge is 2.42. The summed E-state index contributed by atoms with van der Waals surface area (Å²) in [4.78, 5) is 65.6. The minimum Gasteiger partial charge on any atom is -0.493 e. The summed E-state index contributed by atoms with van der Waals surface area (Å²) >= 11 is 0. The Morgan fingerprint density at radius 1 is 1.02 bits per heavy atom. The van der Waals surface area contributed by atoms with E-state index < -0.39 is 47.0 Å². The maximum absolute atomic E-state index is 14.9. The molecular formula is C37H46FNO10. The number of esters is 2. The molecule has 0 unspecified atom stereocenters. The number of hydrogen-bond donors (Lipinski definition) is 0. The molecule has 2 atom stereocenters. The molecule has 0 N–H and O–H groups in total. The van der Waals surface area contributed by atoms with Crippen molar-refractivity contribution in [1.29, 1.82) is 0 Å². The maximum atomic E-state index is 14.9. The maximum Gasteiger partial charge on any atom is 0.330 e. The molecule has 2 aromatic rings. The van der Waals surface area contributed by atoms with Gasteiger partial charge < -0.3 is 28.6 Å². The molecular weight excluding hydrogens is 637 g/mol. The molecule has 1 fully saturated rings. The Balaban J connectivity index is 1.90. The topological polar surface area (TPSA) is 135 Å². The van der Waals surface area contributed by atoms with Crippen molar-refractivity contribution in [2.75, 3.05) is 34.0 Å². The van der Waals surface area contributed by atoms with Crippen LogP contribution >= 0.6 is 0 Å². The van der Waals surface area contributed by atoms with Gasteiger partial charge in [0.1, 0.15) is 36.9 Å². The van der Waals surface area contributed by atoms with Gasteiger partial charge in [-0.05, 0) is 81.3 Å². The molecule has 0 aliphatic carbocycles. The van der Waals surface area contributed by atoms with Gasteiger partial charge in [-0.2, -0.15) is 0 Å². The highest BCUT2D eigenvalue weighted by atomic mass is 19.1. The molecule has 0 saturated carbocycles. The lowest BCUT2D eigenvalue weighted by Crippen LogP contribution is -2.53.